The monoisotopic (exact) mass is 310 g/mol. The van der Waals surface area contributed by atoms with E-state index in [4.69, 9.17) is 0 Å². The molecule has 2 N–H and O–H groups in total. The van der Waals surface area contributed by atoms with Gasteiger partial charge in [-0.05, 0) is 35.8 Å². The molecule has 120 valence electrons. The van der Waals surface area contributed by atoms with E-state index in [0.29, 0.717) is 5.92 Å². The second kappa shape index (κ2) is 11.3. The molecule has 0 radical (unpaired) electrons. The lowest BCUT2D eigenvalue weighted by Crippen LogP contribution is -2.30. The molecule has 0 aliphatic carbocycles. The first-order chi connectivity index (χ1) is 10.2. The highest BCUT2D eigenvalue weighted by molar-refractivity contribution is 7.20. The van der Waals surface area contributed by atoms with Crippen LogP contribution < -0.4 is 4.78 Å². The van der Waals surface area contributed by atoms with Crippen molar-refractivity contribution < 1.29 is 10.0 Å². The summed E-state index contributed by atoms with van der Waals surface area (Å²) in [4.78, 5) is 0. The van der Waals surface area contributed by atoms with Crippen LogP contribution in [0.15, 0.2) is 11.4 Å². The molecular formula is C17H31BO2S. The molecule has 4 heteroatoms. The Balaban J connectivity index is 2.59. The first-order valence-electron chi connectivity index (χ1n) is 8.64. The van der Waals surface area contributed by atoms with Gasteiger partial charge in [0.2, 0.25) is 0 Å². The summed E-state index contributed by atoms with van der Waals surface area (Å²) in [5.41, 5.74) is 1.18. The fourth-order valence-corrected chi connectivity index (χ4v) is 3.82. The average Bonchev–Trinajstić information content (AvgIpc) is 2.95. The summed E-state index contributed by atoms with van der Waals surface area (Å²) in [6.45, 7) is 4.47. The van der Waals surface area contributed by atoms with Crippen LogP contribution >= 0.6 is 11.3 Å². The highest BCUT2D eigenvalue weighted by atomic mass is 32.1. The number of hydrogen-bond donors (Lipinski definition) is 2. The minimum Gasteiger partial charge on any atom is -0.423 e. The molecule has 0 aliphatic rings. The van der Waals surface area contributed by atoms with Crippen molar-refractivity contribution >= 4 is 23.2 Å². The van der Waals surface area contributed by atoms with Crippen LogP contribution in [0.4, 0.5) is 0 Å². The minimum atomic E-state index is -1.31. The maximum Gasteiger partial charge on any atom is 0.499 e. The van der Waals surface area contributed by atoms with Gasteiger partial charge in [0.05, 0.1) is 0 Å². The zero-order chi connectivity index (χ0) is 15.5. The quantitative estimate of drug-likeness (QED) is 0.442. The topological polar surface area (TPSA) is 40.5 Å². The fourth-order valence-electron chi connectivity index (χ4n) is 2.97. The van der Waals surface area contributed by atoms with Gasteiger partial charge in [-0.2, -0.15) is 11.3 Å². The summed E-state index contributed by atoms with van der Waals surface area (Å²) in [5, 5.41) is 21.1. The Kier molecular flexibility index (Phi) is 10.1. The van der Waals surface area contributed by atoms with Crippen molar-refractivity contribution in [3.8, 4) is 0 Å². The van der Waals surface area contributed by atoms with Crippen molar-refractivity contribution in [3.63, 3.8) is 0 Å². The number of thiophene rings is 1. The average molecular weight is 310 g/mol. The second-order valence-corrected chi connectivity index (χ2v) is 6.96. The molecule has 0 saturated carbocycles. The maximum absolute atomic E-state index is 9.53. The van der Waals surface area contributed by atoms with Gasteiger partial charge in [0.15, 0.2) is 0 Å². The number of hydrogen-bond acceptors (Lipinski definition) is 3. The highest BCUT2D eigenvalue weighted by Gasteiger charge is 2.23. The molecule has 0 amide bonds. The van der Waals surface area contributed by atoms with E-state index in [1.54, 1.807) is 0 Å². The van der Waals surface area contributed by atoms with E-state index in [0.717, 1.165) is 4.78 Å². The molecule has 0 saturated heterocycles. The molecule has 0 bridgehead atoms. The predicted molar refractivity (Wildman–Crippen MR) is 94.4 cm³/mol. The van der Waals surface area contributed by atoms with Crippen LogP contribution in [-0.2, 0) is 0 Å². The van der Waals surface area contributed by atoms with Gasteiger partial charge in [0.1, 0.15) is 0 Å². The molecule has 0 unspecified atom stereocenters. The van der Waals surface area contributed by atoms with Gasteiger partial charge < -0.3 is 10.0 Å². The molecule has 1 aromatic heterocycles. The van der Waals surface area contributed by atoms with E-state index >= 15 is 0 Å². The first-order valence-corrected chi connectivity index (χ1v) is 9.52. The largest absolute Gasteiger partial charge is 0.499 e. The summed E-state index contributed by atoms with van der Waals surface area (Å²) >= 11 is 1.47. The van der Waals surface area contributed by atoms with Gasteiger partial charge in [-0.25, -0.2) is 0 Å². The second-order valence-electron chi connectivity index (χ2n) is 6.01. The fraction of sp³-hybridized carbons (Fsp3) is 0.765. The third-order valence-corrected chi connectivity index (χ3v) is 5.19. The smallest absolute Gasteiger partial charge is 0.423 e. The zero-order valence-corrected chi connectivity index (χ0v) is 14.5. The van der Waals surface area contributed by atoms with Crippen molar-refractivity contribution in [2.24, 2.45) is 0 Å². The van der Waals surface area contributed by atoms with Gasteiger partial charge in [-0.15, -0.1) is 0 Å². The van der Waals surface area contributed by atoms with E-state index in [-0.39, 0.29) is 0 Å². The van der Waals surface area contributed by atoms with Crippen molar-refractivity contribution in [3.05, 3.63) is 17.0 Å². The molecule has 1 heterocycles. The SMILES string of the molecule is CCCCCCC(CCCCCC)c1ccsc1B(O)O. The number of rotatable bonds is 12. The molecule has 0 fully saturated rings. The van der Waals surface area contributed by atoms with Crippen LogP contribution in [-0.4, -0.2) is 17.2 Å². The van der Waals surface area contributed by atoms with Crippen molar-refractivity contribution in [2.45, 2.75) is 84.0 Å². The van der Waals surface area contributed by atoms with E-state index in [9.17, 15) is 10.0 Å². The third kappa shape index (κ3) is 6.99. The van der Waals surface area contributed by atoms with Gasteiger partial charge in [-0.1, -0.05) is 65.2 Å². The van der Waals surface area contributed by atoms with E-state index in [1.165, 1.54) is 81.1 Å². The van der Waals surface area contributed by atoms with Crippen molar-refractivity contribution in [1.82, 2.24) is 0 Å². The molecule has 0 atom stereocenters. The summed E-state index contributed by atoms with van der Waals surface area (Å²) in [5.74, 6) is 0.502. The van der Waals surface area contributed by atoms with Crippen LogP contribution in [0.1, 0.15) is 89.5 Å². The van der Waals surface area contributed by atoms with Crippen LogP contribution in [0.25, 0.3) is 0 Å². The highest BCUT2D eigenvalue weighted by Crippen LogP contribution is 2.29. The maximum atomic E-state index is 9.53. The Hall–Kier alpha value is -0.315. The van der Waals surface area contributed by atoms with Crippen LogP contribution in [0.3, 0.4) is 0 Å². The third-order valence-electron chi connectivity index (χ3n) is 4.21. The minimum absolute atomic E-state index is 0.502. The van der Waals surface area contributed by atoms with Gasteiger partial charge in [0, 0.05) is 4.78 Å². The summed E-state index contributed by atoms with van der Waals surface area (Å²) < 4.78 is 0.756. The van der Waals surface area contributed by atoms with Crippen LogP contribution in [0, 0.1) is 0 Å². The van der Waals surface area contributed by atoms with E-state index in [2.05, 4.69) is 19.9 Å². The zero-order valence-electron chi connectivity index (χ0n) is 13.7. The van der Waals surface area contributed by atoms with Gasteiger partial charge >= 0.3 is 7.12 Å². The predicted octanol–water partition coefficient (Wildman–Crippen LogP) is 4.45. The van der Waals surface area contributed by atoms with Gasteiger partial charge in [0.25, 0.3) is 0 Å². The molecule has 1 rings (SSSR count). The van der Waals surface area contributed by atoms with Crippen molar-refractivity contribution in [1.29, 1.82) is 0 Å². The lowest BCUT2D eigenvalue weighted by molar-refractivity contribution is 0.425. The van der Waals surface area contributed by atoms with Crippen molar-refractivity contribution in [2.75, 3.05) is 0 Å². The first kappa shape index (κ1) is 18.7. The molecule has 1 aromatic rings. The normalized spacial score (nSPS) is 11.3. The number of unbranched alkanes of at least 4 members (excludes halogenated alkanes) is 6. The lowest BCUT2D eigenvalue weighted by atomic mass is 9.79. The standard InChI is InChI=1S/C17H31BO2S/c1-3-5-7-9-11-15(12-10-8-6-4-2)16-13-14-21-17(16)18(19)20/h13-15,19-20H,3-12H2,1-2H3. The molecular weight excluding hydrogens is 279 g/mol. The lowest BCUT2D eigenvalue weighted by Gasteiger charge is -2.18. The molecule has 21 heavy (non-hydrogen) atoms. The van der Waals surface area contributed by atoms with Gasteiger partial charge in [-0.3, -0.25) is 0 Å². The van der Waals surface area contributed by atoms with Crippen LogP contribution in [0.2, 0.25) is 0 Å². The Morgan fingerprint density at radius 1 is 0.952 bits per heavy atom. The Morgan fingerprint density at radius 2 is 1.52 bits per heavy atom. The molecule has 2 nitrogen and oxygen atoms in total. The molecule has 0 aromatic carbocycles. The summed E-state index contributed by atoms with van der Waals surface area (Å²) in [6, 6.07) is 2.10. The Labute approximate surface area is 134 Å². The van der Waals surface area contributed by atoms with E-state index in [1.807, 2.05) is 5.38 Å². The Bertz CT molecular complexity index is 353. The summed E-state index contributed by atoms with van der Waals surface area (Å²) in [7, 11) is -1.31. The molecule has 0 spiro atoms. The molecule has 0 aliphatic heterocycles. The van der Waals surface area contributed by atoms with E-state index < -0.39 is 7.12 Å². The summed E-state index contributed by atoms with van der Waals surface area (Å²) in [6.07, 6.45) is 12.6. The van der Waals surface area contributed by atoms with Crippen LogP contribution in [0.5, 0.6) is 0 Å². The Morgan fingerprint density at radius 3 is 2.00 bits per heavy atom.